The van der Waals surface area contributed by atoms with Gasteiger partial charge in [0, 0.05) is 30.4 Å². The van der Waals surface area contributed by atoms with Crippen molar-refractivity contribution in [2.45, 2.75) is 26.8 Å². The molecule has 0 fully saturated rings. The summed E-state index contributed by atoms with van der Waals surface area (Å²) in [5.41, 5.74) is 2.34. The molecule has 1 aromatic heterocycles. The molecule has 1 N–H and O–H groups in total. The molecule has 0 unspecified atom stereocenters. The van der Waals surface area contributed by atoms with Crippen LogP contribution in [0.4, 0.5) is 0 Å². The van der Waals surface area contributed by atoms with Crippen molar-refractivity contribution in [2.75, 3.05) is 6.54 Å². The van der Waals surface area contributed by atoms with Crippen LogP contribution in [0.2, 0.25) is 5.02 Å². The zero-order valence-corrected chi connectivity index (χ0v) is 11.5. The first-order valence-corrected chi connectivity index (χ1v) is 6.65. The van der Waals surface area contributed by atoms with Crippen LogP contribution in [0.25, 0.3) is 5.69 Å². The molecule has 0 aliphatic rings. The third kappa shape index (κ3) is 2.74. The molecule has 0 aliphatic heterocycles. The SMILES string of the molecule is CCNCc1cc(Cl)ccc1-n1ccnc1CC. The van der Waals surface area contributed by atoms with Gasteiger partial charge in [-0.3, -0.25) is 0 Å². The van der Waals surface area contributed by atoms with Gasteiger partial charge in [0.1, 0.15) is 5.82 Å². The maximum Gasteiger partial charge on any atom is 0.112 e. The minimum Gasteiger partial charge on any atom is -0.313 e. The average Bonchev–Trinajstić information content (AvgIpc) is 2.84. The quantitative estimate of drug-likeness (QED) is 0.898. The molecule has 2 rings (SSSR count). The summed E-state index contributed by atoms with van der Waals surface area (Å²) in [7, 11) is 0. The van der Waals surface area contributed by atoms with E-state index >= 15 is 0 Å². The smallest absolute Gasteiger partial charge is 0.112 e. The van der Waals surface area contributed by atoms with E-state index in [1.165, 1.54) is 5.56 Å². The molecule has 1 aromatic carbocycles. The Hall–Kier alpha value is -1.32. The summed E-state index contributed by atoms with van der Waals surface area (Å²) in [6, 6.07) is 5.99. The number of aryl methyl sites for hydroxylation is 1. The molecule has 2 aromatic rings. The van der Waals surface area contributed by atoms with E-state index in [1.807, 2.05) is 24.5 Å². The van der Waals surface area contributed by atoms with Crippen molar-refractivity contribution in [1.29, 1.82) is 0 Å². The number of aromatic nitrogens is 2. The normalized spacial score (nSPS) is 10.8. The Kier molecular flexibility index (Phi) is 4.39. The zero-order valence-electron chi connectivity index (χ0n) is 10.8. The fourth-order valence-corrected chi connectivity index (χ4v) is 2.20. The summed E-state index contributed by atoms with van der Waals surface area (Å²) in [5, 5.41) is 4.11. The second-order valence-corrected chi connectivity index (χ2v) is 4.56. The minimum atomic E-state index is 0.768. The number of imidazole rings is 1. The van der Waals surface area contributed by atoms with Gasteiger partial charge in [-0.15, -0.1) is 0 Å². The van der Waals surface area contributed by atoms with E-state index in [9.17, 15) is 0 Å². The molecule has 0 amide bonds. The van der Waals surface area contributed by atoms with Crippen LogP contribution in [0.15, 0.2) is 30.6 Å². The van der Waals surface area contributed by atoms with Gasteiger partial charge in [0.2, 0.25) is 0 Å². The lowest BCUT2D eigenvalue weighted by Crippen LogP contribution is -2.14. The molecule has 0 radical (unpaired) electrons. The van der Waals surface area contributed by atoms with Crippen molar-refractivity contribution in [1.82, 2.24) is 14.9 Å². The highest BCUT2D eigenvalue weighted by Gasteiger charge is 2.08. The molecule has 0 aliphatic carbocycles. The van der Waals surface area contributed by atoms with E-state index in [4.69, 9.17) is 11.6 Å². The van der Waals surface area contributed by atoms with Crippen molar-refractivity contribution in [3.63, 3.8) is 0 Å². The second kappa shape index (κ2) is 6.03. The van der Waals surface area contributed by atoms with Gasteiger partial charge in [-0.2, -0.15) is 0 Å². The molecular weight excluding hydrogens is 246 g/mol. The molecule has 0 spiro atoms. The van der Waals surface area contributed by atoms with Crippen LogP contribution < -0.4 is 5.32 Å². The lowest BCUT2D eigenvalue weighted by atomic mass is 10.1. The van der Waals surface area contributed by atoms with E-state index in [1.54, 1.807) is 0 Å². The summed E-state index contributed by atoms with van der Waals surface area (Å²) < 4.78 is 2.13. The largest absolute Gasteiger partial charge is 0.313 e. The Morgan fingerprint density at radius 1 is 1.33 bits per heavy atom. The summed E-state index contributed by atoms with van der Waals surface area (Å²) in [4.78, 5) is 4.36. The Bertz CT molecular complexity index is 520. The number of hydrogen-bond donors (Lipinski definition) is 1. The average molecular weight is 264 g/mol. The Balaban J connectivity index is 2.43. The highest BCUT2D eigenvalue weighted by atomic mass is 35.5. The summed E-state index contributed by atoms with van der Waals surface area (Å²) in [5.74, 6) is 1.06. The Morgan fingerprint density at radius 2 is 2.17 bits per heavy atom. The van der Waals surface area contributed by atoms with Gasteiger partial charge >= 0.3 is 0 Å². The Morgan fingerprint density at radius 3 is 2.89 bits per heavy atom. The van der Waals surface area contributed by atoms with Gasteiger partial charge in [-0.05, 0) is 30.3 Å². The fourth-order valence-electron chi connectivity index (χ4n) is 2.01. The number of nitrogens with one attached hydrogen (secondary N) is 1. The van der Waals surface area contributed by atoms with Crippen LogP contribution in [0.1, 0.15) is 25.2 Å². The molecule has 96 valence electrons. The third-order valence-corrected chi connectivity index (χ3v) is 3.14. The number of nitrogens with zero attached hydrogens (tertiary/aromatic N) is 2. The fraction of sp³-hybridized carbons (Fsp3) is 0.357. The molecular formula is C14H18ClN3. The monoisotopic (exact) mass is 263 g/mol. The Labute approximate surface area is 113 Å². The number of benzene rings is 1. The summed E-state index contributed by atoms with van der Waals surface area (Å²) in [6.45, 7) is 5.96. The van der Waals surface area contributed by atoms with Crippen LogP contribution in [-0.4, -0.2) is 16.1 Å². The van der Waals surface area contributed by atoms with Gasteiger partial charge < -0.3 is 9.88 Å². The van der Waals surface area contributed by atoms with Crippen LogP contribution in [0.3, 0.4) is 0 Å². The third-order valence-electron chi connectivity index (χ3n) is 2.90. The van der Waals surface area contributed by atoms with Crippen LogP contribution in [0, 0.1) is 0 Å². The molecule has 4 heteroatoms. The molecule has 3 nitrogen and oxygen atoms in total. The number of hydrogen-bond acceptors (Lipinski definition) is 2. The minimum absolute atomic E-state index is 0.768. The number of rotatable bonds is 5. The lowest BCUT2D eigenvalue weighted by molar-refractivity contribution is 0.720. The van der Waals surface area contributed by atoms with Gasteiger partial charge in [0.25, 0.3) is 0 Å². The molecule has 0 bridgehead atoms. The van der Waals surface area contributed by atoms with Gasteiger partial charge in [0.05, 0.1) is 5.69 Å². The first-order chi connectivity index (χ1) is 8.76. The maximum atomic E-state index is 6.08. The molecule has 0 saturated heterocycles. The lowest BCUT2D eigenvalue weighted by Gasteiger charge is -2.13. The van der Waals surface area contributed by atoms with Crippen LogP contribution >= 0.6 is 11.6 Å². The highest BCUT2D eigenvalue weighted by Crippen LogP contribution is 2.21. The number of halogens is 1. The van der Waals surface area contributed by atoms with Gasteiger partial charge in [-0.25, -0.2) is 4.98 Å². The predicted molar refractivity (Wildman–Crippen MR) is 75.3 cm³/mol. The zero-order chi connectivity index (χ0) is 13.0. The van der Waals surface area contributed by atoms with Crippen LogP contribution in [-0.2, 0) is 13.0 Å². The van der Waals surface area contributed by atoms with Crippen molar-refractivity contribution >= 4 is 11.6 Å². The summed E-state index contributed by atoms with van der Waals surface area (Å²) >= 11 is 6.08. The topological polar surface area (TPSA) is 29.9 Å². The van der Waals surface area contributed by atoms with Gasteiger partial charge in [-0.1, -0.05) is 25.4 Å². The van der Waals surface area contributed by atoms with E-state index in [-0.39, 0.29) is 0 Å². The van der Waals surface area contributed by atoms with E-state index in [0.29, 0.717) is 0 Å². The standard InChI is InChI=1S/C14H18ClN3/c1-3-14-17-7-8-18(14)13-6-5-12(15)9-11(13)10-16-4-2/h5-9,16H,3-4,10H2,1-2H3. The van der Waals surface area contributed by atoms with Crippen molar-refractivity contribution < 1.29 is 0 Å². The van der Waals surface area contributed by atoms with Gasteiger partial charge in [0.15, 0.2) is 0 Å². The maximum absolute atomic E-state index is 6.08. The molecule has 1 heterocycles. The van der Waals surface area contributed by atoms with Crippen molar-refractivity contribution in [3.05, 3.63) is 47.0 Å². The second-order valence-electron chi connectivity index (χ2n) is 4.12. The predicted octanol–water partition coefficient (Wildman–Crippen LogP) is 3.20. The first kappa shape index (κ1) is 13.1. The van der Waals surface area contributed by atoms with Crippen LogP contribution in [0.5, 0.6) is 0 Å². The van der Waals surface area contributed by atoms with Crippen molar-refractivity contribution in [2.24, 2.45) is 0 Å². The molecule has 18 heavy (non-hydrogen) atoms. The van der Waals surface area contributed by atoms with Crippen molar-refractivity contribution in [3.8, 4) is 5.69 Å². The highest BCUT2D eigenvalue weighted by molar-refractivity contribution is 6.30. The van der Waals surface area contributed by atoms with E-state index < -0.39 is 0 Å². The molecule has 0 atom stereocenters. The first-order valence-electron chi connectivity index (χ1n) is 6.28. The molecule has 0 saturated carbocycles. The van der Waals surface area contributed by atoms with E-state index in [2.05, 4.69) is 34.8 Å². The van der Waals surface area contributed by atoms with E-state index in [0.717, 1.165) is 36.0 Å². The summed E-state index contributed by atoms with van der Waals surface area (Å²) in [6.07, 6.45) is 4.75.